The minimum atomic E-state index is 0.499. The molecule has 7 nitrogen and oxygen atoms in total. The maximum atomic E-state index is 9.01. The van der Waals surface area contributed by atoms with Gasteiger partial charge in [0, 0.05) is 31.0 Å². The summed E-state index contributed by atoms with van der Waals surface area (Å²) in [5, 5.41) is 16.7. The van der Waals surface area contributed by atoms with Crippen molar-refractivity contribution in [3.05, 3.63) is 51.9 Å². The Kier molecular flexibility index (Phi) is 4.23. The number of aromatic nitrogens is 4. The minimum Gasteiger partial charge on any atom is -0.324 e. The number of fused-ring (bicyclic) bond motifs is 1. The summed E-state index contributed by atoms with van der Waals surface area (Å²) in [6.07, 6.45) is 2.75. The number of nitrogens with one attached hydrogen (secondary N) is 1. The Bertz CT molecular complexity index is 960. The summed E-state index contributed by atoms with van der Waals surface area (Å²) in [5.74, 6) is 2.37. The standard InChI is InChI=1S/C17H14IN7/c18-14-10-16-24(7-2-8-25(16)23-14)15-5-6-20-17(22-15)21-13-4-1-3-12(9-13)11-19/h1,3-6,9-10H,2,7-8H2,(H,20,21,22). The molecule has 0 saturated heterocycles. The number of hydrogen-bond acceptors (Lipinski definition) is 6. The van der Waals surface area contributed by atoms with Crippen molar-refractivity contribution in [1.29, 1.82) is 5.26 Å². The maximum absolute atomic E-state index is 9.01. The van der Waals surface area contributed by atoms with E-state index in [0.29, 0.717) is 11.5 Å². The molecule has 3 heterocycles. The fraction of sp³-hybridized carbons (Fsp3) is 0.176. The molecule has 1 N–H and O–H groups in total. The predicted octanol–water partition coefficient (Wildman–Crippen LogP) is 3.43. The van der Waals surface area contributed by atoms with Gasteiger partial charge in [-0.3, -0.25) is 0 Å². The summed E-state index contributed by atoms with van der Waals surface area (Å²) >= 11 is 2.23. The van der Waals surface area contributed by atoms with Crippen molar-refractivity contribution in [1.82, 2.24) is 19.7 Å². The average molecular weight is 443 g/mol. The molecule has 0 saturated carbocycles. The summed E-state index contributed by atoms with van der Waals surface area (Å²) in [4.78, 5) is 11.1. The Morgan fingerprint density at radius 3 is 3.00 bits per heavy atom. The Labute approximate surface area is 158 Å². The smallest absolute Gasteiger partial charge is 0.229 e. The SMILES string of the molecule is N#Cc1cccc(Nc2nccc(N3CCCn4nc(I)cc43)n2)c1. The number of benzene rings is 1. The van der Waals surface area contributed by atoms with Gasteiger partial charge < -0.3 is 10.2 Å². The Hall–Kier alpha value is -2.67. The molecule has 0 unspecified atom stereocenters. The number of nitrogens with zero attached hydrogens (tertiary/aromatic N) is 6. The van der Waals surface area contributed by atoms with Gasteiger partial charge in [-0.1, -0.05) is 6.07 Å². The molecule has 3 aromatic rings. The molecule has 0 atom stereocenters. The van der Waals surface area contributed by atoms with Gasteiger partial charge in [-0.25, -0.2) is 9.67 Å². The van der Waals surface area contributed by atoms with Gasteiger partial charge in [0.1, 0.15) is 15.3 Å². The fourth-order valence-electron chi connectivity index (χ4n) is 2.84. The molecular weight excluding hydrogens is 429 g/mol. The zero-order valence-corrected chi connectivity index (χ0v) is 15.4. The van der Waals surface area contributed by atoms with Crippen molar-refractivity contribution in [3.8, 4) is 6.07 Å². The lowest BCUT2D eigenvalue weighted by atomic mass is 10.2. The number of halogens is 1. The van der Waals surface area contributed by atoms with Crippen molar-refractivity contribution >= 4 is 45.9 Å². The number of rotatable bonds is 3. The molecule has 0 amide bonds. The topological polar surface area (TPSA) is 82.7 Å². The van der Waals surface area contributed by atoms with E-state index in [-0.39, 0.29) is 0 Å². The number of nitriles is 1. The van der Waals surface area contributed by atoms with Crippen LogP contribution in [0.4, 0.5) is 23.3 Å². The van der Waals surface area contributed by atoms with Gasteiger partial charge in [0.15, 0.2) is 0 Å². The highest BCUT2D eigenvalue weighted by atomic mass is 127. The summed E-state index contributed by atoms with van der Waals surface area (Å²) in [6.45, 7) is 1.81. The van der Waals surface area contributed by atoms with Crippen LogP contribution in [0, 0.1) is 15.0 Å². The van der Waals surface area contributed by atoms with Gasteiger partial charge in [-0.15, -0.1) is 0 Å². The van der Waals surface area contributed by atoms with Crippen LogP contribution in [0.3, 0.4) is 0 Å². The van der Waals surface area contributed by atoms with Crippen molar-refractivity contribution in [2.75, 3.05) is 16.8 Å². The fourth-order valence-corrected chi connectivity index (χ4v) is 3.38. The zero-order valence-electron chi connectivity index (χ0n) is 13.2. The van der Waals surface area contributed by atoms with E-state index in [1.807, 2.05) is 22.9 Å². The van der Waals surface area contributed by atoms with E-state index < -0.39 is 0 Å². The van der Waals surface area contributed by atoms with Crippen LogP contribution in [-0.2, 0) is 6.54 Å². The monoisotopic (exact) mass is 443 g/mol. The van der Waals surface area contributed by atoms with Crippen LogP contribution in [0.2, 0.25) is 0 Å². The predicted molar refractivity (Wildman–Crippen MR) is 103 cm³/mol. The number of aryl methyl sites for hydroxylation is 1. The van der Waals surface area contributed by atoms with Gasteiger partial charge in [-0.2, -0.15) is 15.3 Å². The van der Waals surface area contributed by atoms with Crippen molar-refractivity contribution in [3.63, 3.8) is 0 Å². The van der Waals surface area contributed by atoms with E-state index in [2.05, 4.69) is 60.0 Å². The molecule has 0 aliphatic carbocycles. The third-order valence-corrected chi connectivity index (χ3v) is 4.45. The normalized spacial score (nSPS) is 13.2. The van der Waals surface area contributed by atoms with Gasteiger partial charge >= 0.3 is 0 Å². The molecule has 0 radical (unpaired) electrons. The van der Waals surface area contributed by atoms with Crippen LogP contribution in [0.25, 0.3) is 0 Å². The molecule has 1 aliphatic rings. The van der Waals surface area contributed by atoms with Crippen LogP contribution < -0.4 is 10.2 Å². The first-order valence-electron chi connectivity index (χ1n) is 7.84. The summed E-state index contributed by atoms with van der Waals surface area (Å²) in [7, 11) is 0. The number of hydrogen-bond donors (Lipinski definition) is 1. The molecule has 25 heavy (non-hydrogen) atoms. The van der Waals surface area contributed by atoms with Crippen LogP contribution in [0.1, 0.15) is 12.0 Å². The van der Waals surface area contributed by atoms with E-state index in [4.69, 9.17) is 5.26 Å². The Balaban J connectivity index is 1.63. The van der Waals surface area contributed by atoms with Gasteiger partial charge in [0.05, 0.1) is 11.6 Å². The minimum absolute atomic E-state index is 0.499. The third kappa shape index (κ3) is 3.28. The second kappa shape index (κ2) is 6.68. The molecule has 2 aromatic heterocycles. The quantitative estimate of drug-likeness (QED) is 0.625. The van der Waals surface area contributed by atoms with E-state index in [1.54, 1.807) is 18.3 Å². The molecule has 8 heteroatoms. The first kappa shape index (κ1) is 15.8. The van der Waals surface area contributed by atoms with Gasteiger partial charge in [0.25, 0.3) is 0 Å². The highest BCUT2D eigenvalue weighted by Gasteiger charge is 2.21. The second-order valence-electron chi connectivity index (χ2n) is 5.61. The van der Waals surface area contributed by atoms with Crippen LogP contribution in [-0.4, -0.2) is 26.3 Å². The van der Waals surface area contributed by atoms with Crippen LogP contribution >= 0.6 is 22.6 Å². The summed E-state index contributed by atoms with van der Waals surface area (Å²) in [5.41, 5.74) is 1.38. The Morgan fingerprint density at radius 2 is 2.12 bits per heavy atom. The third-order valence-electron chi connectivity index (χ3n) is 3.92. The lowest BCUT2D eigenvalue weighted by Gasteiger charge is -2.28. The van der Waals surface area contributed by atoms with Crippen LogP contribution in [0.15, 0.2) is 42.6 Å². The van der Waals surface area contributed by atoms with E-state index in [0.717, 1.165) is 40.5 Å². The highest BCUT2D eigenvalue weighted by Crippen LogP contribution is 2.29. The molecule has 0 fully saturated rings. The van der Waals surface area contributed by atoms with Crippen molar-refractivity contribution < 1.29 is 0 Å². The molecule has 0 bridgehead atoms. The van der Waals surface area contributed by atoms with Crippen LogP contribution in [0.5, 0.6) is 0 Å². The lowest BCUT2D eigenvalue weighted by Crippen LogP contribution is -2.28. The van der Waals surface area contributed by atoms with Crippen molar-refractivity contribution in [2.24, 2.45) is 0 Å². The lowest BCUT2D eigenvalue weighted by molar-refractivity contribution is 0.538. The highest BCUT2D eigenvalue weighted by molar-refractivity contribution is 14.1. The zero-order chi connectivity index (χ0) is 17.2. The summed E-state index contributed by atoms with van der Waals surface area (Å²) < 4.78 is 2.98. The molecule has 1 aromatic carbocycles. The number of anilines is 4. The average Bonchev–Trinajstić information content (AvgIpc) is 3.02. The first-order chi connectivity index (χ1) is 12.2. The van der Waals surface area contributed by atoms with Gasteiger partial charge in [0.2, 0.25) is 5.95 Å². The largest absolute Gasteiger partial charge is 0.324 e. The second-order valence-corrected chi connectivity index (χ2v) is 6.71. The van der Waals surface area contributed by atoms with E-state index >= 15 is 0 Å². The molecule has 0 spiro atoms. The van der Waals surface area contributed by atoms with Gasteiger partial charge in [-0.05, 0) is 53.3 Å². The maximum Gasteiger partial charge on any atom is 0.229 e. The molecule has 124 valence electrons. The molecule has 1 aliphatic heterocycles. The van der Waals surface area contributed by atoms with E-state index in [9.17, 15) is 0 Å². The van der Waals surface area contributed by atoms with E-state index in [1.165, 1.54) is 0 Å². The summed E-state index contributed by atoms with van der Waals surface area (Å²) in [6, 6.07) is 13.3. The molecule has 4 rings (SSSR count). The van der Waals surface area contributed by atoms with Crippen molar-refractivity contribution in [2.45, 2.75) is 13.0 Å². The first-order valence-corrected chi connectivity index (χ1v) is 8.92. The Morgan fingerprint density at radius 1 is 1.20 bits per heavy atom. The molecular formula is C17H14IN7.